The van der Waals surface area contributed by atoms with Gasteiger partial charge in [-0.2, -0.15) is 15.3 Å². The lowest BCUT2D eigenvalue weighted by molar-refractivity contribution is 0.174. The Labute approximate surface area is 214 Å². The van der Waals surface area contributed by atoms with Gasteiger partial charge in [0, 0.05) is 23.5 Å². The second-order valence-electron chi connectivity index (χ2n) is 11.8. The molecule has 9 heteroatoms. The molecule has 0 aromatic carbocycles. The summed E-state index contributed by atoms with van der Waals surface area (Å²) in [5, 5.41) is 14.0. The van der Waals surface area contributed by atoms with E-state index in [0.717, 1.165) is 40.4 Å². The van der Waals surface area contributed by atoms with Gasteiger partial charge < -0.3 is 4.43 Å². The fraction of sp³-hybridized carbons (Fsp3) is 0.556. The summed E-state index contributed by atoms with van der Waals surface area (Å²) in [6.07, 6.45) is 15.6. The molecular formula is C27H39N7OSi. The molecule has 0 amide bonds. The van der Waals surface area contributed by atoms with Gasteiger partial charge in [0.05, 0.1) is 60.4 Å². The van der Waals surface area contributed by atoms with E-state index in [9.17, 15) is 0 Å². The monoisotopic (exact) mass is 505 g/mol. The van der Waals surface area contributed by atoms with Crippen molar-refractivity contribution in [2.75, 3.05) is 0 Å². The SMILES string of the molecule is CC[C@H](C1CC1)n1cc(-c2nc(-c3cnn(C[C@H](C)O[Si](C)(C)C(C)(C)C)c3)cn3nccc23)cn1. The Balaban J connectivity index is 1.40. The van der Waals surface area contributed by atoms with E-state index in [0.29, 0.717) is 12.6 Å². The lowest BCUT2D eigenvalue weighted by atomic mass is 10.1. The molecule has 0 bridgehead atoms. The number of aromatic nitrogens is 7. The van der Waals surface area contributed by atoms with Crippen LogP contribution in [0, 0.1) is 5.92 Å². The quantitative estimate of drug-likeness (QED) is 0.252. The molecule has 8 nitrogen and oxygen atoms in total. The lowest BCUT2D eigenvalue weighted by Gasteiger charge is -2.38. The maximum atomic E-state index is 6.54. The molecule has 1 aliphatic carbocycles. The average molecular weight is 506 g/mol. The van der Waals surface area contributed by atoms with Crippen LogP contribution in [0.3, 0.4) is 0 Å². The van der Waals surface area contributed by atoms with Gasteiger partial charge in [-0.15, -0.1) is 0 Å². The molecule has 4 heterocycles. The van der Waals surface area contributed by atoms with Crippen molar-refractivity contribution in [3.05, 3.63) is 43.2 Å². The van der Waals surface area contributed by atoms with Gasteiger partial charge >= 0.3 is 0 Å². The first-order valence-electron chi connectivity index (χ1n) is 13.2. The topological polar surface area (TPSA) is 75.1 Å². The van der Waals surface area contributed by atoms with Crippen LogP contribution in [0.25, 0.3) is 28.0 Å². The normalized spacial score (nSPS) is 16.5. The molecule has 0 N–H and O–H groups in total. The minimum absolute atomic E-state index is 0.0829. The van der Waals surface area contributed by atoms with Crippen molar-refractivity contribution in [3.63, 3.8) is 0 Å². The van der Waals surface area contributed by atoms with Crippen molar-refractivity contribution < 1.29 is 4.43 Å². The average Bonchev–Trinajstić information content (AvgIpc) is 3.17. The van der Waals surface area contributed by atoms with E-state index in [-0.39, 0.29) is 11.1 Å². The van der Waals surface area contributed by atoms with Gasteiger partial charge in [0.15, 0.2) is 8.32 Å². The minimum Gasteiger partial charge on any atom is -0.412 e. The van der Waals surface area contributed by atoms with Crippen LogP contribution in [0.15, 0.2) is 43.2 Å². The third kappa shape index (κ3) is 4.91. The molecule has 1 aliphatic rings. The van der Waals surface area contributed by atoms with Gasteiger partial charge in [-0.1, -0.05) is 27.7 Å². The van der Waals surface area contributed by atoms with Crippen molar-refractivity contribution in [1.82, 2.24) is 34.2 Å². The highest BCUT2D eigenvalue weighted by Crippen LogP contribution is 2.41. The molecule has 0 saturated heterocycles. The summed E-state index contributed by atoms with van der Waals surface area (Å²) in [7, 11) is -1.83. The zero-order chi connectivity index (χ0) is 25.7. The number of hydrogen-bond donors (Lipinski definition) is 0. The van der Waals surface area contributed by atoms with Gasteiger partial charge in [0.25, 0.3) is 0 Å². The summed E-state index contributed by atoms with van der Waals surface area (Å²) in [5.41, 5.74) is 4.69. The summed E-state index contributed by atoms with van der Waals surface area (Å²) < 4.78 is 12.5. The Morgan fingerprint density at radius 1 is 1.06 bits per heavy atom. The summed E-state index contributed by atoms with van der Waals surface area (Å²) in [5.74, 6) is 0.755. The molecule has 0 spiro atoms. The van der Waals surface area contributed by atoms with E-state index in [2.05, 4.69) is 75.0 Å². The molecule has 4 aromatic heterocycles. The Bertz CT molecular complexity index is 1340. The number of hydrogen-bond acceptors (Lipinski definition) is 5. The fourth-order valence-electron chi connectivity index (χ4n) is 4.71. The van der Waals surface area contributed by atoms with E-state index in [1.54, 1.807) is 0 Å². The molecule has 1 fully saturated rings. The molecule has 0 radical (unpaired) electrons. The van der Waals surface area contributed by atoms with Crippen LogP contribution >= 0.6 is 0 Å². The maximum absolute atomic E-state index is 6.54. The number of rotatable bonds is 9. The zero-order valence-electron chi connectivity index (χ0n) is 22.6. The zero-order valence-corrected chi connectivity index (χ0v) is 23.6. The molecule has 1 saturated carbocycles. The Hall–Kier alpha value is -2.78. The van der Waals surface area contributed by atoms with Gasteiger partial charge in [0.1, 0.15) is 0 Å². The van der Waals surface area contributed by atoms with Crippen LogP contribution in [-0.2, 0) is 11.0 Å². The predicted octanol–water partition coefficient (Wildman–Crippen LogP) is 6.23. The van der Waals surface area contributed by atoms with Crippen LogP contribution in [0.4, 0.5) is 0 Å². The van der Waals surface area contributed by atoms with Gasteiger partial charge in [0.2, 0.25) is 0 Å². The highest BCUT2D eigenvalue weighted by molar-refractivity contribution is 6.74. The molecule has 0 unspecified atom stereocenters. The van der Waals surface area contributed by atoms with Crippen LogP contribution in [0.1, 0.15) is 59.9 Å². The van der Waals surface area contributed by atoms with Crippen molar-refractivity contribution in [2.24, 2.45) is 5.92 Å². The Kier molecular flexibility index (Phi) is 6.40. The third-order valence-corrected chi connectivity index (χ3v) is 12.5. The van der Waals surface area contributed by atoms with E-state index in [1.807, 2.05) is 40.1 Å². The van der Waals surface area contributed by atoms with Gasteiger partial charge in [-0.05, 0) is 56.3 Å². The predicted molar refractivity (Wildman–Crippen MR) is 145 cm³/mol. The fourth-order valence-corrected chi connectivity index (χ4v) is 6.15. The third-order valence-electron chi connectivity index (χ3n) is 7.86. The van der Waals surface area contributed by atoms with Crippen molar-refractivity contribution in [2.45, 2.75) is 90.7 Å². The molecule has 5 rings (SSSR count). The van der Waals surface area contributed by atoms with E-state index in [4.69, 9.17) is 14.5 Å². The summed E-state index contributed by atoms with van der Waals surface area (Å²) >= 11 is 0. The number of nitrogens with zero attached hydrogens (tertiary/aromatic N) is 7. The van der Waals surface area contributed by atoms with E-state index >= 15 is 0 Å². The Morgan fingerprint density at radius 3 is 2.50 bits per heavy atom. The van der Waals surface area contributed by atoms with E-state index < -0.39 is 8.32 Å². The Morgan fingerprint density at radius 2 is 1.81 bits per heavy atom. The highest BCUT2D eigenvalue weighted by Gasteiger charge is 2.38. The van der Waals surface area contributed by atoms with Crippen LogP contribution in [0.2, 0.25) is 18.1 Å². The maximum Gasteiger partial charge on any atom is 0.192 e. The van der Waals surface area contributed by atoms with Crippen LogP contribution in [0.5, 0.6) is 0 Å². The standard InChI is InChI=1S/C27H39N7OSi/c1-8-24(20-9-10-20)33-17-22(14-30-33)26-25-11-12-28-34(25)18-23(31-26)21-13-29-32(16-21)15-19(2)35-36(6,7)27(3,4)5/h11-14,16-20,24H,8-10,15H2,1-7H3/t19-,24+/m0/s1. The molecule has 2 atom stereocenters. The summed E-state index contributed by atoms with van der Waals surface area (Å²) in [6.45, 7) is 16.5. The summed E-state index contributed by atoms with van der Waals surface area (Å²) in [6, 6.07) is 2.47. The van der Waals surface area contributed by atoms with Crippen LogP contribution < -0.4 is 0 Å². The van der Waals surface area contributed by atoms with Gasteiger partial charge in [-0.3, -0.25) is 9.36 Å². The van der Waals surface area contributed by atoms with Gasteiger partial charge in [-0.25, -0.2) is 9.50 Å². The minimum atomic E-state index is -1.83. The second kappa shape index (κ2) is 9.26. The van der Waals surface area contributed by atoms with Crippen molar-refractivity contribution >= 4 is 13.8 Å². The molecule has 192 valence electrons. The first-order valence-corrected chi connectivity index (χ1v) is 16.1. The molecule has 0 aliphatic heterocycles. The summed E-state index contributed by atoms with van der Waals surface area (Å²) in [4.78, 5) is 5.06. The lowest BCUT2D eigenvalue weighted by Crippen LogP contribution is -2.44. The number of fused-ring (bicyclic) bond motifs is 1. The second-order valence-corrected chi connectivity index (χ2v) is 16.6. The van der Waals surface area contributed by atoms with Crippen molar-refractivity contribution in [3.8, 4) is 22.5 Å². The largest absolute Gasteiger partial charge is 0.412 e. The van der Waals surface area contributed by atoms with Crippen molar-refractivity contribution in [1.29, 1.82) is 0 Å². The smallest absolute Gasteiger partial charge is 0.192 e. The molecule has 4 aromatic rings. The van der Waals surface area contributed by atoms with E-state index in [1.165, 1.54) is 12.8 Å². The first kappa shape index (κ1) is 24.9. The molecule has 36 heavy (non-hydrogen) atoms. The molecular weight excluding hydrogens is 466 g/mol. The highest BCUT2D eigenvalue weighted by atomic mass is 28.4. The van der Waals surface area contributed by atoms with Crippen LogP contribution in [-0.4, -0.2) is 48.6 Å². The first-order chi connectivity index (χ1) is 17.1.